The molecule has 3 heteroatoms. The molecule has 0 spiro atoms. The molecule has 0 atom stereocenters. The minimum Gasteiger partial charge on any atom is -0.481 e. The summed E-state index contributed by atoms with van der Waals surface area (Å²) in [6.07, 6.45) is 4.76. The molecule has 0 saturated heterocycles. The van der Waals surface area contributed by atoms with Crippen LogP contribution >= 0.6 is 0 Å². The minimum absolute atomic E-state index is 0.0826. The Hall–Kier alpha value is -0.570. The molecule has 0 radical (unpaired) electrons. The predicted molar refractivity (Wildman–Crippen MR) is 74.7 cm³/mol. The van der Waals surface area contributed by atoms with Gasteiger partial charge in [-0.3, -0.25) is 9.69 Å². The highest BCUT2D eigenvalue weighted by Gasteiger charge is 2.41. The zero-order valence-corrected chi connectivity index (χ0v) is 12.4. The Bertz CT molecular complexity index is 264. The van der Waals surface area contributed by atoms with E-state index in [2.05, 4.69) is 32.6 Å². The molecule has 1 aliphatic rings. The van der Waals surface area contributed by atoms with Crippen LogP contribution in [0, 0.1) is 11.8 Å². The van der Waals surface area contributed by atoms with Crippen molar-refractivity contribution in [3.8, 4) is 0 Å². The second-order valence-electron chi connectivity index (χ2n) is 6.05. The van der Waals surface area contributed by atoms with Gasteiger partial charge in [-0.1, -0.05) is 27.7 Å². The highest BCUT2D eigenvalue weighted by molar-refractivity contribution is 5.68. The number of hydrogen-bond donors (Lipinski definition) is 1. The van der Waals surface area contributed by atoms with Gasteiger partial charge in [-0.15, -0.1) is 0 Å². The van der Waals surface area contributed by atoms with Crippen LogP contribution in [-0.2, 0) is 4.79 Å². The van der Waals surface area contributed by atoms with Crippen molar-refractivity contribution in [2.75, 3.05) is 13.1 Å². The third kappa shape index (κ3) is 3.47. The fourth-order valence-electron chi connectivity index (χ4n) is 3.62. The first kappa shape index (κ1) is 15.5. The topological polar surface area (TPSA) is 40.5 Å². The summed E-state index contributed by atoms with van der Waals surface area (Å²) < 4.78 is 0. The molecule has 3 nitrogen and oxygen atoms in total. The van der Waals surface area contributed by atoms with Gasteiger partial charge in [0.1, 0.15) is 0 Å². The molecule has 18 heavy (non-hydrogen) atoms. The summed E-state index contributed by atoms with van der Waals surface area (Å²) in [5, 5.41) is 9.22. The van der Waals surface area contributed by atoms with E-state index in [-0.39, 0.29) is 5.54 Å². The Morgan fingerprint density at radius 1 is 1.28 bits per heavy atom. The lowest BCUT2D eigenvalue weighted by molar-refractivity contribution is -0.141. The average molecular weight is 255 g/mol. The van der Waals surface area contributed by atoms with Crippen molar-refractivity contribution in [2.45, 2.75) is 65.3 Å². The van der Waals surface area contributed by atoms with E-state index in [4.69, 9.17) is 0 Å². The highest BCUT2D eigenvalue weighted by atomic mass is 16.4. The van der Waals surface area contributed by atoms with Crippen LogP contribution in [0.15, 0.2) is 0 Å². The lowest BCUT2D eigenvalue weighted by Crippen LogP contribution is -2.52. The summed E-state index contributed by atoms with van der Waals surface area (Å²) in [6, 6.07) is 0. The number of rotatable bonds is 6. The van der Waals surface area contributed by atoms with Crippen LogP contribution in [-0.4, -0.2) is 34.6 Å². The van der Waals surface area contributed by atoms with Crippen molar-refractivity contribution in [2.24, 2.45) is 11.8 Å². The standard InChI is InChI=1S/C15H29NO2/c1-5-16(6-2)15(11-14(17)18)9-7-13(8-10-15)12(3)4/h12-13H,5-11H2,1-4H3,(H,17,18). The van der Waals surface area contributed by atoms with Crippen molar-refractivity contribution >= 4 is 5.97 Å². The predicted octanol–water partition coefficient (Wildman–Crippen LogP) is 3.39. The smallest absolute Gasteiger partial charge is 0.305 e. The Kier molecular flexibility index (Phi) is 5.64. The first-order chi connectivity index (χ1) is 8.45. The molecule has 1 saturated carbocycles. The second kappa shape index (κ2) is 6.55. The van der Waals surface area contributed by atoms with E-state index in [1.165, 1.54) is 12.8 Å². The zero-order chi connectivity index (χ0) is 13.8. The van der Waals surface area contributed by atoms with Gasteiger partial charge in [0, 0.05) is 5.54 Å². The lowest BCUT2D eigenvalue weighted by Gasteiger charge is -2.47. The Morgan fingerprint density at radius 3 is 2.11 bits per heavy atom. The SMILES string of the molecule is CCN(CC)C1(CC(=O)O)CCC(C(C)C)CC1. The number of aliphatic carboxylic acids is 1. The van der Waals surface area contributed by atoms with Gasteiger partial charge in [0.15, 0.2) is 0 Å². The molecule has 1 rings (SSSR count). The van der Waals surface area contributed by atoms with E-state index >= 15 is 0 Å². The van der Waals surface area contributed by atoms with E-state index in [0.717, 1.165) is 37.8 Å². The first-order valence-electron chi connectivity index (χ1n) is 7.42. The molecule has 0 bridgehead atoms. The van der Waals surface area contributed by atoms with Gasteiger partial charge in [-0.25, -0.2) is 0 Å². The highest BCUT2D eigenvalue weighted by Crippen LogP contribution is 2.41. The number of carbonyl (C=O) groups is 1. The van der Waals surface area contributed by atoms with E-state index < -0.39 is 5.97 Å². The number of carboxylic acids is 1. The lowest BCUT2D eigenvalue weighted by atomic mass is 9.70. The van der Waals surface area contributed by atoms with E-state index in [0.29, 0.717) is 6.42 Å². The van der Waals surface area contributed by atoms with Crippen LogP contribution in [0.4, 0.5) is 0 Å². The maximum atomic E-state index is 11.2. The molecular weight excluding hydrogens is 226 g/mol. The number of nitrogens with zero attached hydrogens (tertiary/aromatic N) is 1. The monoisotopic (exact) mass is 255 g/mol. The van der Waals surface area contributed by atoms with E-state index in [1.54, 1.807) is 0 Å². The summed E-state index contributed by atoms with van der Waals surface area (Å²) in [5.74, 6) is 0.858. The number of carboxylic acid groups (broad SMARTS) is 1. The third-order valence-corrected chi connectivity index (χ3v) is 4.82. The van der Waals surface area contributed by atoms with Crippen molar-refractivity contribution < 1.29 is 9.90 Å². The van der Waals surface area contributed by atoms with Crippen LogP contribution in [0.5, 0.6) is 0 Å². The van der Waals surface area contributed by atoms with Crippen LogP contribution in [0.1, 0.15) is 59.8 Å². The van der Waals surface area contributed by atoms with Gasteiger partial charge in [0.2, 0.25) is 0 Å². The molecule has 1 fully saturated rings. The molecule has 0 unspecified atom stereocenters. The van der Waals surface area contributed by atoms with Gasteiger partial charge in [0.25, 0.3) is 0 Å². The second-order valence-corrected chi connectivity index (χ2v) is 6.05. The largest absolute Gasteiger partial charge is 0.481 e. The maximum Gasteiger partial charge on any atom is 0.305 e. The maximum absolute atomic E-state index is 11.2. The third-order valence-electron chi connectivity index (χ3n) is 4.82. The molecular formula is C15H29NO2. The van der Waals surface area contributed by atoms with Gasteiger partial charge in [-0.2, -0.15) is 0 Å². The fraction of sp³-hybridized carbons (Fsp3) is 0.933. The summed E-state index contributed by atoms with van der Waals surface area (Å²) >= 11 is 0. The molecule has 0 aliphatic heterocycles. The summed E-state index contributed by atoms with van der Waals surface area (Å²) in [7, 11) is 0. The molecule has 0 heterocycles. The Morgan fingerprint density at radius 2 is 1.78 bits per heavy atom. The van der Waals surface area contributed by atoms with E-state index in [1.807, 2.05) is 0 Å². The molecule has 1 aliphatic carbocycles. The minimum atomic E-state index is -0.648. The first-order valence-corrected chi connectivity index (χ1v) is 7.42. The van der Waals surface area contributed by atoms with Crippen LogP contribution in [0.2, 0.25) is 0 Å². The van der Waals surface area contributed by atoms with E-state index in [9.17, 15) is 9.90 Å². The van der Waals surface area contributed by atoms with Gasteiger partial charge >= 0.3 is 5.97 Å². The van der Waals surface area contributed by atoms with Gasteiger partial charge in [-0.05, 0) is 50.6 Å². The molecule has 0 aromatic heterocycles. The molecule has 0 aromatic carbocycles. The van der Waals surface area contributed by atoms with Crippen molar-refractivity contribution in [3.63, 3.8) is 0 Å². The normalized spacial score (nSPS) is 28.9. The Balaban J connectivity index is 2.78. The van der Waals surface area contributed by atoms with Crippen molar-refractivity contribution in [3.05, 3.63) is 0 Å². The zero-order valence-electron chi connectivity index (χ0n) is 12.4. The molecule has 1 N–H and O–H groups in total. The van der Waals surface area contributed by atoms with Crippen LogP contribution in [0.3, 0.4) is 0 Å². The average Bonchev–Trinajstić information content (AvgIpc) is 2.30. The van der Waals surface area contributed by atoms with Gasteiger partial charge < -0.3 is 5.11 Å². The summed E-state index contributed by atoms with van der Waals surface area (Å²) in [4.78, 5) is 13.6. The van der Waals surface area contributed by atoms with Crippen molar-refractivity contribution in [1.82, 2.24) is 4.90 Å². The number of hydrogen-bond acceptors (Lipinski definition) is 2. The summed E-state index contributed by atoms with van der Waals surface area (Å²) in [6.45, 7) is 10.8. The summed E-state index contributed by atoms with van der Waals surface area (Å²) in [5.41, 5.74) is -0.0826. The molecule has 106 valence electrons. The Labute approximate surface area is 112 Å². The molecule has 0 amide bonds. The van der Waals surface area contributed by atoms with Crippen LogP contribution in [0.25, 0.3) is 0 Å². The molecule has 0 aromatic rings. The quantitative estimate of drug-likeness (QED) is 0.791. The van der Waals surface area contributed by atoms with Gasteiger partial charge in [0.05, 0.1) is 6.42 Å². The fourth-order valence-corrected chi connectivity index (χ4v) is 3.62. The van der Waals surface area contributed by atoms with Crippen molar-refractivity contribution in [1.29, 1.82) is 0 Å². The van der Waals surface area contributed by atoms with Crippen LogP contribution < -0.4 is 0 Å².